The Kier molecular flexibility index (Phi) is 13.9. The van der Waals surface area contributed by atoms with Crippen molar-refractivity contribution in [2.75, 3.05) is 6.61 Å². The van der Waals surface area contributed by atoms with Crippen LogP contribution in [-0.4, -0.2) is 22.5 Å². The average molecular weight is 455 g/mol. The number of rotatable bonds is 18. The zero-order valence-electron chi connectivity index (χ0n) is 20.7. The fraction of sp³-hybridized carbons (Fsp3) is 0.607. The van der Waals surface area contributed by atoms with E-state index in [1.807, 2.05) is 24.3 Å². The Balaban J connectivity index is 1.66. The lowest BCUT2D eigenvalue weighted by Crippen LogP contribution is -2.08. The molecule has 0 aliphatic heterocycles. The molecule has 0 aliphatic carbocycles. The van der Waals surface area contributed by atoms with E-state index in [0.717, 1.165) is 37.2 Å². The van der Waals surface area contributed by atoms with Crippen molar-refractivity contribution in [1.29, 1.82) is 0 Å². The summed E-state index contributed by atoms with van der Waals surface area (Å²) >= 11 is 0. The monoisotopic (exact) mass is 454 g/mol. The predicted octanol–water partition coefficient (Wildman–Crippen LogP) is 7.93. The van der Waals surface area contributed by atoms with Crippen molar-refractivity contribution in [3.8, 4) is 22.9 Å². The molecule has 5 nitrogen and oxygen atoms in total. The molecule has 1 aromatic carbocycles. The highest BCUT2D eigenvalue weighted by Crippen LogP contribution is 2.21. The third-order valence-corrected chi connectivity index (χ3v) is 5.72. The molecule has 1 aromatic heterocycles. The molecule has 2 aromatic rings. The Hall–Kier alpha value is -2.43. The number of aromatic nitrogens is 2. The van der Waals surface area contributed by atoms with Crippen LogP contribution in [0, 0.1) is 0 Å². The smallest absolute Gasteiger partial charge is 0.311 e. The third-order valence-electron chi connectivity index (χ3n) is 5.72. The van der Waals surface area contributed by atoms with Gasteiger partial charge in [-0.15, -0.1) is 0 Å². The van der Waals surface area contributed by atoms with Crippen LogP contribution in [-0.2, 0) is 4.79 Å². The van der Waals surface area contributed by atoms with E-state index in [9.17, 15) is 4.79 Å². The lowest BCUT2D eigenvalue weighted by molar-refractivity contribution is -0.134. The fourth-order valence-corrected chi connectivity index (χ4v) is 3.70. The van der Waals surface area contributed by atoms with Gasteiger partial charge in [-0.3, -0.25) is 4.79 Å². The van der Waals surface area contributed by atoms with E-state index in [2.05, 4.69) is 23.8 Å². The number of hydrogen-bond donors (Lipinski definition) is 0. The average Bonchev–Trinajstić information content (AvgIpc) is 2.84. The molecule has 0 atom stereocenters. The number of carbonyl (C=O) groups is 1. The van der Waals surface area contributed by atoms with Gasteiger partial charge < -0.3 is 9.47 Å². The standard InChI is InChI=1S/C28H42N2O3/c1-3-5-7-9-11-12-14-16-27(31)33-26-22-29-28(30-23-26)24-17-19-25(20-18-24)32-21-15-13-10-8-6-4-2/h17-20,22-23H,3-16,21H2,1-2H3. The fourth-order valence-electron chi connectivity index (χ4n) is 3.70. The molecule has 0 bridgehead atoms. The van der Waals surface area contributed by atoms with Crippen molar-refractivity contribution in [3.05, 3.63) is 36.7 Å². The molecular weight excluding hydrogens is 412 g/mol. The molecular formula is C28H42N2O3. The molecule has 5 heteroatoms. The molecule has 0 radical (unpaired) electrons. The Morgan fingerprint density at radius 1 is 0.697 bits per heavy atom. The van der Waals surface area contributed by atoms with E-state index in [0.29, 0.717) is 18.0 Å². The second kappa shape index (κ2) is 17.1. The van der Waals surface area contributed by atoms with Crippen molar-refractivity contribution in [3.63, 3.8) is 0 Å². The van der Waals surface area contributed by atoms with Crippen LogP contribution >= 0.6 is 0 Å². The minimum absolute atomic E-state index is 0.216. The van der Waals surface area contributed by atoms with Gasteiger partial charge in [0, 0.05) is 12.0 Å². The number of nitrogens with zero attached hydrogens (tertiary/aromatic N) is 2. The Bertz CT molecular complexity index is 760. The zero-order valence-corrected chi connectivity index (χ0v) is 20.7. The minimum Gasteiger partial charge on any atom is -0.494 e. The highest BCUT2D eigenvalue weighted by atomic mass is 16.5. The quantitative estimate of drug-likeness (QED) is 0.169. The largest absolute Gasteiger partial charge is 0.494 e. The molecule has 0 N–H and O–H groups in total. The molecule has 0 saturated carbocycles. The third kappa shape index (κ3) is 11.8. The van der Waals surface area contributed by atoms with Crippen molar-refractivity contribution >= 4 is 5.97 Å². The number of hydrogen-bond acceptors (Lipinski definition) is 5. The van der Waals surface area contributed by atoms with E-state index < -0.39 is 0 Å². The van der Waals surface area contributed by atoms with E-state index in [1.165, 1.54) is 64.2 Å². The summed E-state index contributed by atoms with van der Waals surface area (Å²) in [5.41, 5.74) is 0.905. The number of ether oxygens (including phenoxy) is 2. The second-order valence-corrected chi connectivity index (χ2v) is 8.73. The molecule has 182 valence electrons. The second-order valence-electron chi connectivity index (χ2n) is 8.73. The number of benzene rings is 1. The molecule has 0 fully saturated rings. The SMILES string of the molecule is CCCCCCCCCC(=O)Oc1cnc(-c2ccc(OCCCCCCCC)cc2)nc1. The van der Waals surface area contributed by atoms with Gasteiger partial charge in [0.05, 0.1) is 19.0 Å². The Morgan fingerprint density at radius 2 is 1.24 bits per heavy atom. The summed E-state index contributed by atoms with van der Waals surface area (Å²) in [6.07, 6.45) is 19.3. The first-order chi connectivity index (χ1) is 16.2. The van der Waals surface area contributed by atoms with Gasteiger partial charge in [-0.1, -0.05) is 84.5 Å². The topological polar surface area (TPSA) is 61.3 Å². The number of carbonyl (C=O) groups excluding carboxylic acids is 1. The van der Waals surface area contributed by atoms with Gasteiger partial charge in [0.2, 0.25) is 0 Å². The van der Waals surface area contributed by atoms with E-state index in [-0.39, 0.29) is 5.97 Å². The molecule has 0 spiro atoms. The lowest BCUT2D eigenvalue weighted by Gasteiger charge is -2.08. The van der Waals surface area contributed by atoms with E-state index in [4.69, 9.17) is 9.47 Å². The van der Waals surface area contributed by atoms with Gasteiger partial charge >= 0.3 is 5.97 Å². The van der Waals surface area contributed by atoms with Crippen molar-refractivity contribution in [1.82, 2.24) is 9.97 Å². The van der Waals surface area contributed by atoms with Crippen molar-refractivity contribution in [2.24, 2.45) is 0 Å². The van der Waals surface area contributed by atoms with Crippen LogP contribution < -0.4 is 9.47 Å². The Morgan fingerprint density at radius 3 is 1.85 bits per heavy atom. The molecule has 0 saturated heterocycles. The maximum Gasteiger partial charge on any atom is 0.311 e. The highest BCUT2D eigenvalue weighted by Gasteiger charge is 2.07. The van der Waals surface area contributed by atoms with Gasteiger partial charge in [-0.2, -0.15) is 0 Å². The first kappa shape index (κ1) is 26.8. The number of esters is 1. The molecule has 0 unspecified atom stereocenters. The van der Waals surface area contributed by atoms with Crippen LogP contribution in [0.4, 0.5) is 0 Å². The lowest BCUT2D eigenvalue weighted by atomic mass is 10.1. The predicted molar refractivity (Wildman–Crippen MR) is 135 cm³/mol. The van der Waals surface area contributed by atoms with Crippen molar-refractivity contribution < 1.29 is 14.3 Å². The van der Waals surface area contributed by atoms with E-state index >= 15 is 0 Å². The van der Waals surface area contributed by atoms with Gasteiger partial charge in [0.15, 0.2) is 11.6 Å². The van der Waals surface area contributed by atoms with Crippen LogP contribution in [0.1, 0.15) is 104 Å². The number of unbranched alkanes of at least 4 members (excludes halogenated alkanes) is 11. The molecule has 0 aliphatic rings. The molecule has 0 amide bonds. The van der Waals surface area contributed by atoms with Gasteiger partial charge in [-0.25, -0.2) is 9.97 Å². The Labute approximate surface area is 200 Å². The normalized spacial score (nSPS) is 10.8. The summed E-state index contributed by atoms with van der Waals surface area (Å²) in [6, 6.07) is 7.81. The maximum atomic E-state index is 12.0. The van der Waals surface area contributed by atoms with E-state index in [1.54, 1.807) is 12.4 Å². The van der Waals surface area contributed by atoms with Crippen LogP contribution in [0.15, 0.2) is 36.7 Å². The summed E-state index contributed by atoms with van der Waals surface area (Å²) in [5.74, 6) is 1.64. The summed E-state index contributed by atoms with van der Waals surface area (Å²) < 4.78 is 11.2. The minimum atomic E-state index is -0.216. The highest BCUT2D eigenvalue weighted by molar-refractivity contribution is 5.72. The molecule has 33 heavy (non-hydrogen) atoms. The van der Waals surface area contributed by atoms with Gasteiger partial charge in [0.25, 0.3) is 0 Å². The first-order valence-corrected chi connectivity index (χ1v) is 13.0. The van der Waals surface area contributed by atoms with Crippen molar-refractivity contribution in [2.45, 2.75) is 104 Å². The first-order valence-electron chi connectivity index (χ1n) is 13.0. The summed E-state index contributed by atoms with van der Waals surface area (Å²) in [4.78, 5) is 20.7. The summed E-state index contributed by atoms with van der Waals surface area (Å²) in [5, 5.41) is 0. The molecule has 1 heterocycles. The zero-order chi connectivity index (χ0) is 23.6. The molecule has 2 rings (SSSR count). The van der Waals surface area contributed by atoms with Gasteiger partial charge in [0.1, 0.15) is 5.75 Å². The van der Waals surface area contributed by atoms with Crippen LogP contribution in [0.5, 0.6) is 11.5 Å². The van der Waals surface area contributed by atoms with Crippen LogP contribution in [0.3, 0.4) is 0 Å². The van der Waals surface area contributed by atoms with Crippen LogP contribution in [0.25, 0.3) is 11.4 Å². The maximum absolute atomic E-state index is 12.0. The summed E-state index contributed by atoms with van der Waals surface area (Å²) in [6.45, 7) is 5.20. The van der Waals surface area contributed by atoms with Crippen LogP contribution in [0.2, 0.25) is 0 Å². The van der Waals surface area contributed by atoms with Gasteiger partial charge in [-0.05, 0) is 37.1 Å². The summed E-state index contributed by atoms with van der Waals surface area (Å²) in [7, 11) is 0.